The molecule has 0 aliphatic heterocycles. The Morgan fingerprint density at radius 2 is 2.14 bits per heavy atom. The first-order chi connectivity index (χ1) is 10.1. The maximum absolute atomic E-state index is 4.51. The standard InChI is InChI=1S/C14H18N6S/c1-10-16-17-14-7-6-13(18-20(10)14)15-9-11(19(2)3)12-5-4-8-21-12/h4-8,11H,9H2,1-3H3,(H,15,18). The molecule has 21 heavy (non-hydrogen) atoms. The second kappa shape index (κ2) is 5.79. The number of aryl methyl sites for hydroxylation is 1. The van der Waals surface area contributed by atoms with Gasteiger partial charge in [-0.1, -0.05) is 6.07 Å². The highest BCUT2D eigenvalue weighted by atomic mass is 32.1. The maximum Gasteiger partial charge on any atom is 0.178 e. The van der Waals surface area contributed by atoms with E-state index in [4.69, 9.17) is 0 Å². The topological polar surface area (TPSA) is 58.4 Å². The van der Waals surface area contributed by atoms with E-state index in [0.717, 1.165) is 23.8 Å². The van der Waals surface area contributed by atoms with Crippen LogP contribution in [0.2, 0.25) is 0 Å². The highest BCUT2D eigenvalue weighted by molar-refractivity contribution is 7.10. The first-order valence-electron chi connectivity index (χ1n) is 6.78. The van der Waals surface area contributed by atoms with E-state index < -0.39 is 0 Å². The van der Waals surface area contributed by atoms with Gasteiger partial charge in [-0.2, -0.15) is 4.52 Å². The van der Waals surface area contributed by atoms with Gasteiger partial charge in [-0.15, -0.1) is 26.6 Å². The molecule has 1 N–H and O–H groups in total. The number of fused-ring (bicyclic) bond motifs is 1. The quantitative estimate of drug-likeness (QED) is 0.783. The van der Waals surface area contributed by atoms with E-state index in [-0.39, 0.29) is 0 Å². The summed E-state index contributed by atoms with van der Waals surface area (Å²) in [6, 6.07) is 8.43. The number of thiophene rings is 1. The molecule has 3 aromatic heterocycles. The number of anilines is 1. The van der Waals surface area contributed by atoms with E-state index in [0.29, 0.717) is 6.04 Å². The fraction of sp³-hybridized carbons (Fsp3) is 0.357. The van der Waals surface area contributed by atoms with Crippen molar-refractivity contribution in [2.24, 2.45) is 0 Å². The molecule has 0 aliphatic carbocycles. The Kier molecular flexibility index (Phi) is 3.85. The maximum atomic E-state index is 4.51. The molecule has 0 aromatic carbocycles. The molecule has 3 heterocycles. The van der Waals surface area contributed by atoms with Gasteiger partial charge in [0.25, 0.3) is 0 Å². The predicted molar refractivity (Wildman–Crippen MR) is 84.8 cm³/mol. The zero-order chi connectivity index (χ0) is 14.8. The Morgan fingerprint density at radius 1 is 1.29 bits per heavy atom. The summed E-state index contributed by atoms with van der Waals surface area (Å²) in [6.45, 7) is 2.69. The van der Waals surface area contributed by atoms with Crippen molar-refractivity contribution in [3.05, 3.63) is 40.3 Å². The molecule has 3 aromatic rings. The molecular formula is C14H18N6S. The van der Waals surface area contributed by atoms with E-state index in [1.165, 1.54) is 4.88 Å². The third-order valence-electron chi connectivity index (χ3n) is 3.39. The van der Waals surface area contributed by atoms with Crippen molar-refractivity contribution in [2.75, 3.05) is 26.0 Å². The largest absolute Gasteiger partial charge is 0.367 e. The van der Waals surface area contributed by atoms with Crippen molar-refractivity contribution in [3.8, 4) is 0 Å². The summed E-state index contributed by atoms with van der Waals surface area (Å²) in [5.41, 5.74) is 0.764. The SMILES string of the molecule is Cc1nnc2ccc(NCC(c3cccs3)N(C)C)nn12. The van der Waals surface area contributed by atoms with Gasteiger partial charge in [-0.3, -0.25) is 0 Å². The van der Waals surface area contributed by atoms with Crippen LogP contribution in [-0.2, 0) is 0 Å². The predicted octanol–water partition coefficient (Wildman–Crippen LogP) is 2.21. The Balaban J connectivity index is 1.76. The van der Waals surface area contributed by atoms with Crippen LogP contribution in [0.25, 0.3) is 5.65 Å². The van der Waals surface area contributed by atoms with Crippen LogP contribution in [0, 0.1) is 6.92 Å². The number of likely N-dealkylation sites (N-methyl/N-ethyl adjacent to an activating group) is 1. The third kappa shape index (κ3) is 2.88. The second-order valence-corrected chi connectivity index (χ2v) is 6.09. The summed E-state index contributed by atoms with van der Waals surface area (Å²) in [5, 5.41) is 18.1. The summed E-state index contributed by atoms with van der Waals surface area (Å²) in [6.07, 6.45) is 0. The summed E-state index contributed by atoms with van der Waals surface area (Å²) >= 11 is 1.77. The van der Waals surface area contributed by atoms with Crippen LogP contribution in [0.15, 0.2) is 29.6 Å². The first kappa shape index (κ1) is 14.0. The molecular weight excluding hydrogens is 284 g/mol. The van der Waals surface area contributed by atoms with Gasteiger partial charge in [0.05, 0.1) is 6.04 Å². The van der Waals surface area contributed by atoms with Crippen LogP contribution in [0.1, 0.15) is 16.7 Å². The molecule has 110 valence electrons. The number of aromatic nitrogens is 4. The van der Waals surface area contributed by atoms with E-state index in [9.17, 15) is 0 Å². The summed E-state index contributed by atoms with van der Waals surface area (Å²) in [7, 11) is 4.18. The van der Waals surface area contributed by atoms with Gasteiger partial charge in [0.15, 0.2) is 11.5 Å². The average molecular weight is 302 g/mol. The minimum absolute atomic E-state index is 0.324. The smallest absolute Gasteiger partial charge is 0.178 e. The van der Waals surface area contributed by atoms with Crippen molar-refractivity contribution in [1.29, 1.82) is 0 Å². The van der Waals surface area contributed by atoms with Crippen molar-refractivity contribution < 1.29 is 0 Å². The zero-order valence-electron chi connectivity index (χ0n) is 12.3. The van der Waals surface area contributed by atoms with Crippen LogP contribution in [0.4, 0.5) is 5.82 Å². The van der Waals surface area contributed by atoms with Crippen LogP contribution >= 0.6 is 11.3 Å². The van der Waals surface area contributed by atoms with Gasteiger partial charge in [0.1, 0.15) is 5.82 Å². The Hall–Kier alpha value is -1.99. The molecule has 1 atom stereocenters. The lowest BCUT2D eigenvalue weighted by molar-refractivity contribution is 0.316. The van der Waals surface area contributed by atoms with Gasteiger partial charge < -0.3 is 10.2 Å². The minimum atomic E-state index is 0.324. The van der Waals surface area contributed by atoms with Crippen LogP contribution < -0.4 is 5.32 Å². The van der Waals surface area contributed by atoms with Crippen LogP contribution in [0.5, 0.6) is 0 Å². The molecule has 1 unspecified atom stereocenters. The summed E-state index contributed by atoms with van der Waals surface area (Å²) < 4.78 is 1.75. The third-order valence-corrected chi connectivity index (χ3v) is 4.36. The molecule has 0 saturated carbocycles. The number of rotatable bonds is 5. The molecule has 0 amide bonds. The Morgan fingerprint density at radius 3 is 2.86 bits per heavy atom. The fourth-order valence-electron chi connectivity index (χ4n) is 2.21. The number of nitrogens with one attached hydrogen (secondary N) is 1. The molecule has 0 radical (unpaired) electrons. The molecule has 0 spiro atoms. The lowest BCUT2D eigenvalue weighted by atomic mass is 10.2. The average Bonchev–Trinajstić information content (AvgIpc) is 3.10. The van der Waals surface area contributed by atoms with Gasteiger partial charge in [0, 0.05) is 11.4 Å². The molecule has 6 nitrogen and oxygen atoms in total. The van der Waals surface area contributed by atoms with E-state index >= 15 is 0 Å². The van der Waals surface area contributed by atoms with Crippen LogP contribution in [-0.4, -0.2) is 45.4 Å². The number of hydrogen-bond donors (Lipinski definition) is 1. The van der Waals surface area contributed by atoms with Gasteiger partial charge in [0.2, 0.25) is 0 Å². The lowest BCUT2D eigenvalue weighted by Gasteiger charge is -2.23. The Bertz CT molecular complexity index is 718. The Labute approximate surface area is 127 Å². The molecule has 0 bridgehead atoms. The zero-order valence-corrected chi connectivity index (χ0v) is 13.1. The van der Waals surface area contributed by atoms with Crippen molar-refractivity contribution in [1.82, 2.24) is 24.7 Å². The van der Waals surface area contributed by atoms with Crippen LogP contribution in [0.3, 0.4) is 0 Å². The second-order valence-electron chi connectivity index (χ2n) is 5.11. The summed E-state index contributed by atoms with van der Waals surface area (Å²) in [5.74, 6) is 1.62. The van der Waals surface area contributed by atoms with E-state index in [1.54, 1.807) is 15.9 Å². The number of hydrogen-bond acceptors (Lipinski definition) is 6. The molecule has 0 aliphatic rings. The number of nitrogens with zero attached hydrogens (tertiary/aromatic N) is 5. The minimum Gasteiger partial charge on any atom is -0.367 e. The molecule has 0 fully saturated rings. The van der Waals surface area contributed by atoms with Gasteiger partial charge in [-0.05, 0) is 44.6 Å². The first-order valence-corrected chi connectivity index (χ1v) is 7.66. The van der Waals surface area contributed by atoms with Gasteiger partial charge >= 0.3 is 0 Å². The normalized spacial score (nSPS) is 13.0. The highest BCUT2D eigenvalue weighted by Gasteiger charge is 2.15. The molecule has 3 rings (SSSR count). The monoisotopic (exact) mass is 302 g/mol. The fourth-order valence-corrected chi connectivity index (χ4v) is 3.13. The summed E-state index contributed by atoms with van der Waals surface area (Å²) in [4.78, 5) is 3.55. The van der Waals surface area contributed by atoms with Crippen molar-refractivity contribution in [2.45, 2.75) is 13.0 Å². The van der Waals surface area contributed by atoms with E-state index in [2.05, 4.69) is 57.1 Å². The highest BCUT2D eigenvalue weighted by Crippen LogP contribution is 2.23. The van der Waals surface area contributed by atoms with Gasteiger partial charge in [-0.25, -0.2) is 0 Å². The van der Waals surface area contributed by atoms with Crippen molar-refractivity contribution in [3.63, 3.8) is 0 Å². The van der Waals surface area contributed by atoms with Crippen molar-refractivity contribution >= 4 is 22.8 Å². The van der Waals surface area contributed by atoms with E-state index in [1.807, 2.05) is 19.1 Å². The molecule has 0 saturated heterocycles. The molecule has 7 heteroatoms. The lowest BCUT2D eigenvalue weighted by Crippen LogP contribution is -2.26.